The van der Waals surface area contributed by atoms with Gasteiger partial charge in [0, 0.05) is 63.8 Å². The number of carbonyl (C=O) groups is 2. The quantitative estimate of drug-likeness (QED) is 0.835. The molecule has 0 radical (unpaired) electrons. The Balaban J connectivity index is 1.15. The molecule has 3 amide bonds. The number of nitrogens with one attached hydrogen (secondary N) is 1. The van der Waals surface area contributed by atoms with Crippen LogP contribution in [-0.2, 0) is 22.5 Å². The number of fused-ring (bicyclic) bond motifs is 1. The third-order valence-electron chi connectivity index (χ3n) is 5.67. The third-order valence-corrected chi connectivity index (χ3v) is 6.70. The molecule has 0 saturated carbocycles. The number of hydrogen-bond acceptors (Lipinski definition) is 5. The predicted molar refractivity (Wildman–Crippen MR) is 104 cm³/mol. The van der Waals surface area contributed by atoms with Crippen molar-refractivity contribution in [3.8, 4) is 0 Å². The molecule has 7 nitrogen and oxygen atoms in total. The van der Waals surface area contributed by atoms with Crippen LogP contribution in [0.5, 0.6) is 0 Å². The molecule has 1 N–H and O–H groups in total. The van der Waals surface area contributed by atoms with Crippen LogP contribution < -0.4 is 5.32 Å². The van der Waals surface area contributed by atoms with Crippen LogP contribution in [0.4, 0.5) is 4.79 Å². The van der Waals surface area contributed by atoms with E-state index in [9.17, 15) is 9.59 Å². The molecule has 1 unspecified atom stereocenters. The number of rotatable bonds is 4. The fraction of sp³-hybridized carbons (Fsp3) is 0.684. The van der Waals surface area contributed by atoms with E-state index in [4.69, 9.17) is 4.74 Å². The number of hydrogen-bond donors (Lipinski definition) is 1. The first-order valence-corrected chi connectivity index (χ1v) is 10.8. The number of ether oxygens (including phenoxy) is 1. The summed E-state index contributed by atoms with van der Waals surface area (Å²) >= 11 is 1.85. The van der Waals surface area contributed by atoms with E-state index < -0.39 is 0 Å². The summed E-state index contributed by atoms with van der Waals surface area (Å²) in [5, 5.41) is 5.20. The lowest BCUT2D eigenvalue weighted by atomic mass is 10.1. The van der Waals surface area contributed by atoms with Crippen LogP contribution in [0.3, 0.4) is 0 Å². The van der Waals surface area contributed by atoms with Crippen LogP contribution in [0, 0.1) is 0 Å². The van der Waals surface area contributed by atoms with Gasteiger partial charge in [-0.1, -0.05) is 0 Å². The maximum atomic E-state index is 12.4. The summed E-state index contributed by atoms with van der Waals surface area (Å²) in [4.78, 5) is 32.3. The lowest BCUT2D eigenvalue weighted by molar-refractivity contribution is -0.142. The number of nitrogens with zero attached hydrogens (tertiary/aromatic N) is 3. The van der Waals surface area contributed by atoms with Gasteiger partial charge in [-0.25, -0.2) is 4.79 Å². The van der Waals surface area contributed by atoms with Crippen molar-refractivity contribution < 1.29 is 14.3 Å². The van der Waals surface area contributed by atoms with E-state index in [-0.39, 0.29) is 18.0 Å². The first kappa shape index (κ1) is 18.7. The van der Waals surface area contributed by atoms with Crippen molar-refractivity contribution in [1.82, 2.24) is 20.0 Å². The summed E-state index contributed by atoms with van der Waals surface area (Å²) in [5.41, 5.74) is 1.43. The van der Waals surface area contributed by atoms with Crippen LogP contribution in [0.25, 0.3) is 0 Å². The Morgan fingerprint density at radius 1 is 1.19 bits per heavy atom. The van der Waals surface area contributed by atoms with Crippen molar-refractivity contribution in [2.24, 2.45) is 0 Å². The molecule has 4 heterocycles. The van der Waals surface area contributed by atoms with Crippen LogP contribution in [0.1, 0.15) is 23.3 Å². The highest BCUT2D eigenvalue weighted by atomic mass is 32.1. The van der Waals surface area contributed by atoms with Crippen molar-refractivity contribution in [2.75, 3.05) is 52.4 Å². The van der Waals surface area contributed by atoms with Crippen molar-refractivity contribution in [2.45, 2.75) is 31.9 Å². The Hall–Kier alpha value is -1.64. The largest absolute Gasteiger partial charge is 0.368 e. The molecule has 1 aromatic heterocycles. The van der Waals surface area contributed by atoms with Crippen LogP contribution in [-0.4, -0.2) is 85.2 Å². The topological polar surface area (TPSA) is 65.1 Å². The molecule has 3 aliphatic heterocycles. The second-order valence-electron chi connectivity index (χ2n) is 7.44. The van der Waals surface area contributed by atoms with Crippen LogP contribution >= 0.6 is 11.3 Å². The van der Waals surface area contributed by atoms with E-state index >= 15 is 0 Å². The molecule has 0 aromatic carbocycles. The molecule has 0 aliphatic carbocycles. The average molecular weight is 393 g/mol. The second-order valence-corrected chi connectivity index (χ2v) is 8.44. The fourth-order valence-corrected chi connectivity index (χ4v) is 4.93. The minimum absolute atomic E-state index is 0.0209. The summed E-state index contributed by atoms with van der Waals surface area (Å²) in [7, 11) is 0. The van der Waals surface area contributed by atoms with Gasteiger partial charge in [-0.3, -0.25) is 9.69 Å². The van der Waals surface area contributed by atoms with Crippen LogP contribution in [0.15, 0.2) is 11.4 Å². The van der Waals surface area contributed by atoms with Gasteiger partial charge in [0.1, 0.15) is 6.10 Å². The van der Waals surface area contributed by atoms with Gasteiger partial charge in [0.25, 0.3) is 5.91 Å². The Morgan fingerprint density at radius 3 is 2.78 bits per heavy atom. The van der Waals surface area contributed by atoms with Crippen molar-refractivity contribution in [3.05, 3.63) is 21.9 Å². The lowest BCUT2D eigenvalue weighted by Crippen LogP contribution is -2.55. The molecule has 27 heavy (non-hydrogen) atoms. The second kappa shape index (κ2) is 8.58. The molecule has 148 valence electrons. The summed E-state index contributed by atoms with van der Waals surface area (Å²) in [5.74, 6) is 0.0884. The van der Waals surface area contributed by atoms with Gasteiger partial charge < -0.3 is 19.9 Å². The smallest absolute Gasteiger partial charge is 0.317 e. The summed E-state index contributed by atoms with van der Waals surface area (Å²) in [6.07, 6.45) is 2.63. The first-order chi connectivity index (χ1) is 13.2. The predicted octanol–water partition coefficient (Wildman–Crippen LogP) is 1.14. The highest BCUT2D eigenvalue weighted by molar-refractivity contribution is 7.10. The van der Waals surface area contributed by atoms with Crippen molar-refractivity contribution in [3.63, 3.8) is 0 Å². The first-order valence-electron chi connectivity index (χ1n) is 9.91. The van der Waals surface area contributed by atoms with Gasteiger partial charge in [0.2, 0.25) is 0 Å². The number of thiophene rings is 1. The third kappa shape index (κ3) is 4.44. The Labute approximate surface area is 164 Å². The molecular weight excluding hydrogens is 364 g/mol. The number of piperazine rings is 1. The SMILES string of the molecule is O=C(NCCN1CCc2sccc2C1)N1CCN(C(=O)C2CCCO2)CC1. The van der Waals surface area contributed by atoms with Crippen molar-refractivity contribution in [1.29, 1.82) is 0 Å². The van der Waals surface area contributed by atoms with Gasteiger partial charge in [-0.05, 0) is 36.3 Å². The zero-order valence-corrected chi connectivity index (χ0v) is 16.5. The number of amides is 3. The van der Waals surface area contributed by atoms with Gasteiger partial charge in [0.15, 0.2) is 0 Å². The molecular formula is C19H28N4O3S. The molecule has 4 rings (SSSR count). The van der Waals surface area contributed by atoms with E-state index in [0.29, 0.717) is 39.3 Å². The van der Waals surface area contributed by atoms with Gasteiger partial charge in [-0.2, -0.15) is 0 Å². The van der Waals surface area contributed by atoms with E-state index in [1.807, 2.05) is 21.1 Å². The standard InChI is InChI=1S/C19H28N4O3S/c24-18(16-2-1-12-26-16)22-8-10-23(11-9-22)19(25)20-5-7-21-6-3-17-15(14-21)4-13-27-17/h4,13,16H,1-3,5-12,14H2,(H,20,25). The maximum Gasteiger partial charge on any atom is 0.317 e. The van der Waals surface area contributed by atoms with Gasteiger partial charge >= 0.3 is 6.03 Å². The van der Waals surface area contributed by atoms with Gasteiger partial charge in [-0.15, -0.1) is 11.3 Å². The van der Waals surface area contributed by atoms with E-state index in [1.165, 1.54) is 10.4 Å². The normalized spacial score (nSPS) is 23.3. The summed E-state index contributed by atoms with van der Waals surface area (Å²) in [6.45, 7) is 6.64. The summed E-state index contributed by atoms with van der Waals surface area (Å²) in [6, 6.07) is 2.19. The maximum absolute atomic E-state index is 12.4. The van der Waals surface area contributed by atoms with E-state index in [1.54, 1.807) is 0 Å². The molecule has 0 spiro atoms. The monoisotopic (exact) mass is 392 g/mol. The molecule has 2 saturated heterocycles. The molecule has 8 heteroatoms. The Bertz CT molecular complexity index is 666. The molecule has 2 fully saturated rings. The highest BCUT2D eigenvalue weighted by Crippen LogP contribution is 2.23. The van der Waals surface area contributed by atoms with Gasteiger partial charge in [0.05, 0.1) is 0 Å². The molecule has 1 atom stereocenters. The molecule has 1 aromatic rings. The average Bonchev–Trinajstić information content (AvgIpc) is 3.39. The summed E-state index contributed by atoms with van der Waals surface area (Å²) < 4.78 is 5.48. The zero-order chi connectivity index (χ0) is 18.6. The van der Waals surface area contributed by atoms with E-state index in [0.717, 1.165) is 38.9 Å². The van der Waals surface area contributed by atoms with E-state index in [2.05, 4.69) is 21.7 Å². The molecule has 0 bridgehead atoms. The van der Waals surface area contributed by atoms with Crippen molar-refractivity contribution >= 4 is 23.3 Å². The minimum Gasteiger partial charge on any atom is -0.368 e. The van der Waals surface area contributed by atoms with Crippen LogP contribution in [0.2, 0.25) is 0 Å². The lowest BCUT2D eigenvalue weighted by Gasteiger charge is -2.36. The number of urea groups is 1. The number of carbonyl (C=O) groups excluding carboxylic acids is 2. The highest BCUT2D eigenvalue weighted by Gasteiger charge is 2.31. The Kier molecular flexibility index (Phi) is 5.95. The zero-order valence-electron chi connectivity index (χ0n) is 15.7. The fourth-order valence-electron chi connectivity index (χ4n) is 4.04. The molecule has 3 aliphatic rings. The Morgan fingerprint density at radius 2 is 2.00 bits per heavy atom. The minimum atomic E-state index is -0.265.